The van der Waals surface area contributed by atoms with Crippen molar-refractivity contribution in [1.29, 1.82) is 0 Å². The fourth-order valence-electron chi connectivity index (χ4n) is 3.48. The van der Waals surface area contributed by atoms with Gasteiger partial charge in [-0.05, 0) is 65.3 Å². The van der Waals surface area contributed by atoms with Gasteiger partial charge in [0.05, 0.1) is 17.6 Å². The first-order valence-corrected chi connectivity index (χ1v) is 11.9. The highest BCUT2D eigenvalue weighted by atomic mass is 79.9. The van der Waals surface area contributed by atoms with E-state index in [1.54, 1.807) is 4.68 Å². The van der Waals surface area contributed by atoms with E-state index >= 15 is 0 Å². The molecule has 8 heteroatoms. The van der Waals surface area contributed by atoms with E-state index in [1.165, 1.54) is 5.56 Å². The van der Waals surface area contributed by atoms with E-state index in [9.17, 15) is 0 Å². The number of H-pyrrole nitrogens is 1. The van der Waals surface area contributed by atoms with Gasteiger partial charge in [-0.15, -0.1) is 0 Å². The molecule has 0 aliphatic carbocycles. The lowest BCUT2D eigenvalue weighted by Gasteiger charge is -2.17. The Morgan fingerprint density at radius 1 is 1.03 bits per heavy atom. The van der Waals surface area contributed by atoms with Crippen molar-refractivity contribution in [3.05, 3.63) is 92.7 Å². The van der Waals surface area contributed by atoms with Crippen LogP contribution >= 0.6 is 28.1 Å². The number of nitrogens with zero attached hydrogens (tertiary/aromatic N) is 2. The summed E-state index contributed by atoms with van der Waals surface area (Å²) in [5, 5.41) is 7.23. The fourth-order valence-corrected chi connectivity index (χ4v) is 4.28. The van der Waals surface area contributed by atoms with Crippen molar-refractivity contribution >= 4 is 28.1 Å². The quantitative estimate of drug-likeness (QED) is 0.248. The van der Waals surface area contributed by atoms with Crippen molar-refractivity contribution in [2.24, 2.45) is 0 Å². The number of aryl methyl sites for hydroxylation is 1. The first kappa shape index (κ1) is 23.1. The molecule has 2 N–H and O–H groups in total. The number of hydrogen-bond acceptors (Lipinski definition) is 5. The van der Waals surface area contributed by atoms with Gasteiger partial charge in [0, 0.05) is 5.56 Å². The molecule has 3 aromatic carbocycles. The molecule has 0 aliphatic rings. The lowest BCUT2D eigenvalue weighted by molar-refractivity contribution is 0.267. The maximum Gasteiger partial charge on any atom is 0.214 e. The van der Waals surface area contributed by atoms with Crippen LogP contribution in [-0.4, -0.2) is 21.5 Å². The van der Waals surface area contributed by atoms with Gasteiger partial charge < -0.3 is 14.9 Å². The predicted octanol–water partition coefficient (Wildman–Crippen LogP) is 6.40. The van der Waals surface area contributed by atoms with Crippen LogP contribution < -0.4 is 14.9 Å². The SMILES string of the molecule is CCOc1cc(CNn2c(-c3ccccc3)n[nH]c2=S)cc(Br)c1OCc1cccc(C)c1. The zero-order chi connectivity index (χ0) is 23.2. The average molecular weight is 525 g/mol. The van der Waals surface area contributed by atoms with E-state index in [4.69, 9.17) is 21.7 Å². The second-order valence-corrected chi connectivity index (χ2v) is 8.75. The minimum atomic E-state index is 0.461. The van der Waals surface area contributed by atoms with Gasteiger partial charge >= 0.3 is 0 Å². The van der Waals surface area contributed by atoms with Gasteiger partial charge in [0.1, 0.15) is 6.61 Å². The molecule has 170 valence electrons. The van der Waals surface area contributed by atoms with Crippen molar-refractivity contribution in [1.82, 2.24) is 14.9 Å². The van der Waals surface area contributed by atoms with Crippen LogP contribution in [0, 0.1) is 11.7 Å². The molecule has 0 spiro atoms. The van der Waals surface area contributed by atoms with Crippen LogP contribution in [0.25, 0.3) is 11.4 Å². The molecule has 4 aromatic rings. The molecule has 4 rings (SSSR count). The highest BCUT2D eigenvalue weighted by Crippen LogP contribution is 2.37. The van der Waals surface area contributed by atoms with E-state index in [0.717, 1.165) is 27.0 Å². The molecule has 6 nitrogen and oxygen atoms in total. The van der Waals surface area contributed by atoms with Crippen molar-refractivity contribution in [3.8, 4) is 22.9 Å². The van der Waals surface area contributed by atoms with Gasteiger partial charge in [0.2, 0.25) is 4.77 Å². The normalized spacial score (nSPS) is 10.8. The standard InChI is InChI=1S/C25H25BrN4O2S/c1-3-31-22-14-19(13-21(26)23(22)32-16-18-9-7-8-17(2)12-18)15-27-30-24(28-29-25(30)33)20-10-5-4-6-11-20/h4-14,27H,3,15-16H2,1-2H3,(H,29,33). The zero-order valence-corrected chi connectivity index (χ0v) is 20.9. The van der Waals surface area contributed by atoms with Crippen molar-refractivity contribution in [2.75, 3.05) is 12.0 Å². The summed E-state index contributed by atoms with van der Waals surface area (Å²) in [6.45, 7) is 5.55. The number of halogens is 1. The maximum atomic E-state index is 6.13. The van der Waals surface area contributed by atoms with Gasteiger partial charge in [-0.2, -0.15) is 5.10 Å². The number of aromatic nitrogens is 3. The summed E-state index contributed by atoms with van der Waals surface area (Å²) in [6.07, 6.45) is 0. The Morgan fingerprint density at radius 2 is 1.85 bits per heavy atom. The van der Waals surface area contributed by atoms with Gasteiger partial charge in [-0.1, -0.05) is 60.2 Å². The number of rotatable bonds is 9. The molecular formula is C25H25BrN4O2S. The average Bonchev–Trinajstić information content (AvgIpc) is 3.18. The Hall–Kier alpha value is -3.10. The van der Waals surface area contributed by atoms with E-state index in [2.05, 4.69) is 56.7 Å². The van der Waals surface area contributed by atoms with Crippen molar-refractivity contribution in [2.45, 2.75) is 27.0 Å². The highest BCUT2D eigenvalue weighted by molar-refractivity contribution is 9.10. The summed E-state index contributed by atoms with van der Waals surface area (Å²) in [5.41, 5.74) is 7.65. The molecule has 1 heterocycles. The highest BCUT2D eigenvalue weighted by Gasteiger charge is 2.14. The molecular weight excluding hydrogens is 500 g/mol. The first-order chi connectivity index (χ1) is 16.0. The molecule has 0 unspecified atom stereocenters. The summed E-state index contributed by atoms with van der Waals surface area (Å²) in [5.74, 6) is 2.10. The summed E-state index contributed by atoms with van der Waals surface area (Å²) in [6, 6.07) is 22.2. The third-order valence-electron chi connectivity index (χ3n) is 4.98. The Balaban J connectivity index is 1.54. The van der Waals surface area contributed by atoms with Gasteiger partial charge in [-0.25, -0.2) is 9.77 Å². The molecule has 33 heavy (non-hydrogen) atoms. The lowest BCUT2D eigenvalue weighted by Crippen LogP contribution is -2.16. The van der Waals surface area contributed by atoms with Crippen LogP contribution in [0.1, 0.15) is 23.6 Å². The van der Waals surface area contributed by atoms with E-state index in [1.807, 2.05) is 55.5 Å². The van der Waals surface area contributed by atoms with Crippen molar-refractivity contribution < 1.29 is 9.47 Å². The molecule has 0 saturated heterocycles. The van der Waals surface area contributed by atoms with E-state index in [-0.39, 0.29) is 0 Å². The Kier molecular flexibility index (Phi) is 7.47. The smallest absolute Gasteiger partial charge is 0.214 e. The summed E-state index contributed by atoms with van der Waals surface area (Å²) < 4.78 is 15.1. The Labute approximate surface area is 206 Å². The summed E-state index contributed by atoms with van der Waals surface area (Å²) >= 11 is 9.08. The molecule has 0 bridgehead atoms. The van der Waals surface area contributed by atoms with Gasteiger partial charge in [0.15, 0.2) is 17.3 Å². The molecule has 0 radical (unpaired) electrons. The molecule has 0 aliphatic heterocycles. The largest absolute Gasteiger partial charge is 0.490 e. The third kappa shape index (κ3) is 5.64. The minimum absolute atomic E-state index is 0.461. The van der Waals surface area contributed by atoms with E-state index in [0.29, 0.717) is 36.0 Å². The number of aromatic amines is 1. The minimum Gasteiger partial charge on any atom is -0.490 e. The summed E-state index contributed by atoms with van der Waals surface area (Å²) in [4.78, 5) is 0. The maximum absolute atomic E-state index is 6.13. The number of benzene rings is 3. The van der Waals surface area contributed by atoms with Crippen LogP contribution in [0.4, 0.5) is 0 Å². The predicted molar refractivity (Wildman–Crippen MR) is 137 cm³/mol. The molecule has 0 atom stereocenters. The number of hydrogen-bond donors (Lipinski definition) is 2. The van der Waals surface area contributed by atoms with E-state index < -0.39 is 0 Å². The Bertz CT molecular complexity index is 1290. The molecule has 0 fully saturated rings. The molecule has 0 saturated carbocycles. The topological polar surface area (TPSA) is 64.1 Å². The van der Waals surface area contributed by atoms with Crippen molar-refractivity contribution in [3.63, 3.8) is 0 Å². The first-order valence-electron chi connectivity index (χ1n) is 10.7. The third-order valence-corrected chi connectivity index (χ3v) is 5.84. The van der Waals surface area contributed by atoms with Gasteiger partial charge in [0.25, 0.3) is 0 Å². The summed E-state index contributed by atoms with van der Waals surface area (Å²) in [7, 11) is 0. The van der Waals surface area contributed by atoms with Gasteiger partial charge in [-0.3, -0.25) is 0 Å². The van der Waals surface area contributed by atoms with Crippen LogP contribution in [0.3, 0.4) is 0 Å². The Morgan fingerprint density at radius 3 is 2.61 bits per heavy atom. The van der Waals surface area contributed by atoms with Crippen LogP contribution in [0.2, 0.25) is 0 Å². The molecule has 0 amide bonds. The zero-order valence-electron chi connectivity index (χ0n) is 18.5. The second kappa shape index (κ2) is 10.7. The molecule has 1 aromatic heterocycles. The second-order valence-electron chi connectivity index (χ2n) is 7.50. The number of ether oxygens (including phenoxy) is 2. The van der Waals surface area contributed by atoms with Crippen LogP contribution in [-0.2, 0) is 13.2 Å². The fraction of sp³-hybridized carbons (Fsp3) is 0.200. The number of nitrogens with one attached hydrogen (secondary N) is 2. The van der Waals surface area contributed by atoms with Crippen LogP contribution in [0.15, 0.2) is 71.2 Å². The lowest BCUT2D eigenvalue weighted by atomic mass is 10.1. The van der Waals surface area contributed by atoms with Crippen LogP contribution in [0.5, 0.6) is 11.5 Å². The monoisotopic (exact) mass is 524 g/mol.